The predicted octanol–water partition coefficient (Wildman–Crippen LogP) is 3.63. The minimum atomic E-state index is 0.271. The van der Waals surface area contributed by atoms with E-state index < -0.39 is 0 Å². The monoisotopic (exact) mass is 367 g/mol. The fourth-order valence-corrected chi connectivity index (χ4v) is 4.25. The first-order chi connectivity index (χ1) is 13.4. The molecule has 0 radical (unpaired) electrons. The molecule has 2 saturated heterocycles. The summed E-state index contributed by atoms with van der Waals surface area (Å²) in [7, 11) is 0. The Bertz CT molecular complexity index is 875. The highest BCUT2D eigenvalue weighted by Gasteiger charge is 2.23. The molecule has 6 heteroatoms. The molecule has 2 fully saturated rings. The third kappa shape index (κ3) is 3.47. The number of likely N-dealkylation sites (tertiary alicyclic amines) is 1. The van der Waals surface area contributed by atoms with Gasteiger partial charge in [0.1, 0.15) is 18.1 Å². The molecular weight excluding hydrogens is 342 g/mol. The summed E-state index contributed by atoms with van der Waals surface area (Å²) in [6, 6.07) is 9.01. The molecule has 6 nitrogen and oxygen atoms in total. The SMILES string of the molecule is c1cc(OC2CCN(Cc3cnoc3)CC2)c2ccn(C3CCOC3)c2c1. The van der Waals surface area contributed by atoms with Crippen molar-refractivity contribution in [3.05, 3.63) is 48.5 Å². The Kier molecular flexibility index (Phi) is 4.59. The van der Waals surface area contributed by atoms with Gasteiger partial charge in [0, 0.05) is 43.4 Å². The molecule has 0 saturated carbocycles. The van der Waals surface area contributed by atoms with E-state index in [0.717, 1.165) is 63.4 Å². The lowest BCUT2D eigenvalue weighted by atomic mass is 10.1. The fourth-order valence-electron chi connectivity index (χ4n) is 4.25. The maximum Gasteiger partial charge on any atom is 0.129 e. The molecule has 5 rings (SSSR count). The van der Waals surface area contributed by atoms with Crippen LogP contribution >= 0.6 is 0 Å². The van der Waals surface area contributed by atoms with Gasteiger partial charge in [-0.05, 0) is 37.5 Å². The Hall–Kier alpha value is -2.31. The molecule has 1 aromatic carbocycles. The first-order valence-corrected chi connectivity index (χ1v) is 9.81. The molecule has 2 aliphatic heterocycles. The summed E-state index contributed by atoms with van der Waals surface area (Å²) >= 11 is 0. The number of rotatable bonds is 5. The van der Waals surface area contributed by atoms with Gasteiger partial charge in [0.25, 0.3) is 0 Å². The highest BCUT2D eigenvalue weighted by atomic mass is 16.5. The van der Waals surface area contributed by atoms with E-state index in [2.05, 4.69) is 45.1 Å². The molecule has 0 spiro atoms. The quantitative estimate of drug-likeness (QED) is 0.689. The van der Waals surface area contributed by atoms with Crippen LogP contribution in [0.25, 0.3) is 10.9 Å². The highest BCUT2D eigenvalue weighted by Crippen LogP contribution is 2.32. The van der Waals surface area contributed by atoms with E-state index >= 15 is 0 Å². The van der Waals surface area contributed by atoms with E-state index in [4.69, 9.17) is 14.0 Å². The third-order valence-corrected chi connectivity index (χ3v) is 5.74. The maximum absolute atomic E-state index is 6.43. The lowest BCUT2D eigenvalue weighted by Crippen LogP contribution is -2.37. The topological polar surface area (TPSA) is 52.7 Å². The van der Waals surface area contributed by atoms with Crippen molar-refractivity contribution in [1.29, 1.82) is 0 Å². The van der Waals surface area contributed by atoms with Crippen LogP contribution in [0.15, 0.2) is 47.4 Å². The van der Waals surface area contributed by atoms with E-state index in [1.54, 1.807) is 12.5 Å². The lowest BCUT2D eigenvalue weighted by molar-refractivity contribution is 0.0979. The third-order valence-electron chi connectivity index (χ3n) is 5.74. The maximum atomic E-state index is 6.43. The lowest BCUT2D eigenvalue weighted by Gasteiger charge is -2.31. The fraction of sp³-hybridized carbons (Fsp3) is 0.476. The molecule has 4 heterocycles. The summed E-state index contributed by atoms with van der Waals surface area (Å²) < 4.78 is 19.3. The summed E-state index contributed by atoms with van der Waals surface area (Å²) in [6.07, 6.45) is 9.13. The standard InChI is InChI=1S/C21H25N3O3/c1-2-20-19(6-10-24(20)17-7-11-25-15-17)21(3-1)27-18-4-8-23(9-5-18)13-16-12-22-26-14-16/h1-3,6,10,12,14,17-18H,4-5,7-9,11,13,15H2. The minimum absolute atomic E-state index is 0.271. The van der Waals surface area contributed by atoms with Gasteiger partial charge in [-0.25, -0.2) is 0 Å². The van der Waals surface area contributed by atoms with Crippen LogP contribution in [0.4, 0.5) is 0 Å². The largest absolute Gasteiger partial charge is 0.490 e. The zero-order valence-corrected chi connectivity index (χ0v) is 15.4. The molecule has 0 aliphatic carbocycles. The van der Waals surface area contributed by atoms with Gasteiger partial charge in [0.2, 0.25) is 0 Å². The number of fused-ring (bicyclic) bond motifs is 1. The molecule has 1 unspecified atom stereocenters. The van der Waals surface area contributed by atoms with Crippen LogP contribution in [0, 0.1) is 0 Å². The van der Waals surface area contributed by atoms with Gasteiger partial charge in [-0.1, -0.05) is 11.2 Å². The zero-order chi connectivity index (χ0) is 18.1. The van der Waals surface area contributed by atoms with Gasteiger partial charge in [0.15, 0.2) is 0 Å². The number of piperidine rings is 1. The van der Waals surface area contributed by atoms with Crippen molar-refractivity contribution in [2.75, 3.05) is 26.3 Å². The molecule has 142 valence electrons. The second-order valence-electron chi connectivity index (χ2n) is 7.56. The number of hydrogen-bond donors (Lipinski definition) is 0. The van der Waals surface area contributed by atoms with Crippen molar-refractivity contribution in [2.45, 2.75) is 38.0 Å². The van der Waals surface area contributed by atoms with Gasteiger partial charge in [-0.2, -0.15) is 0 Å². The molecule has 3 aromatic rings. The van der Waals surface area contributed by atoms with E-state index in [0.29, 0.717) is 6.04 Å². The van der Waals surface area contributed by atoms with Crippen LogP contribution in [0.2, 0.25) is 0 Å². The minimum Gasteiger partial charge on any atom is -0.490 e. The molecule has 2 aromatic heterocycles. The summed E-state index contributed by atoms with van der Waals surface area (Å²) in [6.45, 7) is 4.63. The van der Waals surface area contributed by atoms with E-state index in [9.17, 15) is 0 Å². The van der Waals surface area contributed by atoms with Crippen molar-refractivity contribution in [3.8, 4) is 5.75 Å². The van der Waals surface area contributed by atoms with Crippen molar-refractivity contribution >= 4 is 10.9 Å². The zero-order valence-electron chi connectivity index (χ0n) is 15.4. The number of ether oxygens (including phenoxy) is 2. The summed E-state index contributed by atoms with van der Waals surface area (Å²) in [5.74, 6) is 1.00. The van der Waals surface area contributed by atoms with Crippen LogP contribution in [0.1, 0.15) is 30.9 Å². The second-order valence-corrected chi connectivity index (χ2v) is 7.56. The Morgan fingerprint density at radius 2 is 2.07 bits per heavy atom. The van der Waals surface area contributed by atoms with Gasteiger partial charge in [-0.15, -0.1) is 0 Å². The van der Waals surface area contributed by atoms with Crippen molar-refractivity contribution in [3.63, 3.8) is 0 Å². The summed E-state index contributed by atoms with van der Waals surface area (Å²) in [5, 5.41) is 4.99. The molecule has 2 aliphatic rings. The van der Waals surface area contributed by atoms with Crippen molar-refractivity contribution < 1.29 is 14.0 Å². The van der Waals surface area contributed by atoms with E-state index in [-0.39, 0.29) is 6.10 Å². The summed E-state index contributed by atoms with van der Waals surface area (Å²) in [4.78, 5) is 2.43. The predicted molar refractivity (Wildman–Crippen MR) is 102 cm³/mol. The smallest absolute Gasteiger partial charge is 0.129 e. The normalized spacial score (nSPS) is 21.9. The van der Waals surface area contributed by atoms with Crippen LogP contribution in [0.3, 0.4) is 0 Å². The number of nitrogens with zero attached hydrogens (tertiary/aromatic N) is 3. The molecule has 0 amide bonds. The first kappa shape index (κ1) is 16.8. The Morgan fingerprint density at radius 1 is 1.15 bits per heavy atom. The number of aromatic nitrogens is 2. The second kappa shape index (κ2) is 7.37. The average Bonchev–Trinajstić information content (AvgIpc) is 3.45. The molecule has 1 atom stereocenters. The van der Waals surface area contributed by atoms with Crippen molar-refractivity contribution in [1.82, 2.24) is 14.6 Å². The Labute approximate surface area is 158 Å². The van der Waals surface area contributed by atoms with E-state index in [1.807, 2.05) is 0 Å². The Morgan fingerprint density at radius 3 is 2.85 bits per heavy atom. The highest BCUT2D eigenvalue weighted by molar-refractivity contribution is 5.86. The molecule has 27 heavy (non-hydrogen) atoms. The van der Waals surface area contributed by atoms with Crippen LogP contribution < -0.4 is 4.74 Å². The van der Waals surface area contributed by atoms with Crippen LogP contribution in [-0.2, 0) is 11.3 Å². The molecule has 0 bridgehead atoms. The summed E-state index contributed by atoms with van der Waals surface area (Å²) in [5.41, 5.74) is 2.38. The van der Waals surface area contributed by atoms with Gasteiger partial charge in [-0.3, -0.25) is 4.90 Å². The van der Waals surface area contributed by atoms with Gasteiger partial charge < -0.3 is 18.6 Å². The van der Waals surface area contributed by atoms with E-state index in [1.165, 1.54) is 10.9 Å². The molecular formula is C21H25N3O3. The number of benzene rings is 1. The van der Waals surface area contributed by atoms with Crippen molar-refractivity contribution in [2.24, 2.45) is 0 Å². The van der Waals surface area contributed by atoms with Crippen LogP contribution in [0.5, 0.6) is 5.75 Å². The Balaban J connectivity index is 1.25. The number of hydrogen-bond acceptors (Lipinski definition) is 5. The first-order valence-electron chi connectivity index (χ1n) is 9.81. The van der Waals surface area contributed by atoms with Gasteiger partial charge in [0.05, 0.1) is 24.4 Å². The molecule has 0 N–H and O–H groups in total. The van der Waals surface area contributed by atoms with Crippen LogP contribution in [-0.4, -0.2) is 47.0 Å². The van der Waals surface area contributed by atoms with Gasteiger partial charge >= 0.3 is 0 Å². The average molecular weight is 367 g/mol.